The maximum Gasteiger partial charge on any atom is 0.0140 e. The SMILES string of the molecule is CC1CC(NC/C=C/c2ccccc2)CCN1C. The predicted octanol–water partition coefficient (Wildman–Crippen LogP) is 2.77. The molecule has 0 spiro atoms. The van der Waals surface area contributed by atoms with Crippen molar-refractivity contribution in [2.24, 2.45) is 0 Å². The van der Waals surface area contributed by atoms with Gasteiger partial charge >= 0.3 is 0 Å². The number of likely N-dealkylation sites (tertiary alicyclic amines) is 1. The zero-order valence-corrected chi connectivity index (χ0v) is 11.5. The van der Waals surface area contributed by atoms with Crippen LogP contribution < -0.4 is 5.32 Å². The van der Waals surface area contributed by atoms with Crippen molar-refractivity contribution in [1.82, 2.24) is 10.2 Å². The van der Waals surface area contributed by atoms with Crippen molar-refractivity contribution >= 4 is 6.08 Å². The summed E-state index contributed by atoms with van der Waals surface area (Å²) in [6, 6.07) is 11.8. The van der Waals surface area contributed by atoms with E-state index in [0.717, 1.165) is 6.54 Å². The monoisotopic (exact) mass is 244 g/mol. The van der Waals surface area contributed by atoms with E-state index in [1.165, 1.54) is 24.9 Å². The second kappa shape index (κ2) is 6.72. The molecule has 0 saturated carbocycles. The third-order valence-corrected chi connectivity index (χ3v) is 3.84. The molecule has 1 aliphatic heterocycles. The predicted molar refractivity (Wildman–Crippen MR) is 78.6 cm³/mol. The summed E-state index contributed by atoms with van der Waals surface area (Å²) < 4.78 is 0. The molecule has 1 aromatic carbocycles. The van der Waals surface area contributed by atoms with E-state index in [1.807, 2.05) is 0 Å². The molecule has 1 aliphatic rings. The van der Waals surface area contributed by atoms with Crippen LogP contribution in [0.2, 0.25) is 0 Å². The summed E-state index contributed by atoms with van der Waals surface area (Å²) in [5.74, 6) is 0. The van der Waals surface area contributed by atoms with Gasteiger partial charge in [-0.25, -0.2) is 0 Å². The highest BCUT2D eigenvalue weighted by atomic mass is 15.1. The van der Waals surface area contributed by atoms with Crippen LogP contribution in [0.5, 0.6) is 0 Å². The Morgan fingerprint density at radius 3 is 2.83 bits per heavy atom. The van der Waals surface area contributed by atoms with Crippen molar-refractivity contribution in [3.63, 3.8) is 0 Å². The molecule has 2 rings (SSSR count). The topological polar surface area (TPSA) is 15.3 Å². The van der Waals surface area contributed by atoms with Gasteiger partial charge < -0.3 is 10.2 Å². The summed E-state index contributed by atoms with van der Waals surface area (Å²) in [5.41, 5.74) is 1.27. The molecule has 1 aromatic rings. The van der Waals surface area contributed by atoms with Crippen LogP contribution >= 0.6 is 0 Å². The van der Waals surface area contributed by atoms with Gasteiger partial charge in [-0.15, -0.1) is 0 Å². The zero-order chi connectivity index (χ0) is 12.8. The van der Waals surface area contributed by atoms with Gasteiger partial charge in [-0.3, -0.25) is 0 Å². The van der Waals surface area contributed by atoms with Crippen LogP contribution in [-0.4, -0.2) is 37.1 Å². The van der Waals surface area contributed by atoms with E-state index in [2.05, 4.69) is 66.7 Å². The van der Waals surface area contributed by atoms with Gasteiger partial charge in [-0.05, 0) is 38.9 Å². The van der Waals surface area contributed by atoms with Gasteiger partial charge in [0.1, 0.15) is 0 Å². The Morgan fingerprint density at radius 2 is 2.11 bits per heavy atom. The van der Waals surface area contributed by atoms with E-state index in [0.29, 0.717) is 12.1 Å². The number of hydrogen-bond acceptors (Lipinski definition) is 2. The summed E-state index contributed by atoms with van der Waals surface area (Å²) >= 11 is 0. The maximum atomic E-state index is 3.63. The molecule has 2 unspecified atom stereocenters. The Morgan fingerprint density at radius 1 is 1.33 bits per heavy atom. The molecule has 0 bridgehead atoms. The molecule has 98 valence electrons. The number of hydrogen-bond donors (Lipinski definition) is 1. The van der Waals surface area contributed by atoms with Crippen LogP contribution in [0.4, 0.5) is 0 Å². The van der Waals surface area contributed by atoms with E-state index < -0.39 is 0 Å². The lowest BCUT2D eigenvalue weighted by Gasteiger charge is -2.35. The van der Waals surface area contributed by atoms with E-state index in [4.69, 9.17) is 0 Å². The number of piperidine rings is 1. The summed E-state index contributed by atoms with van der Waals surface area (Å²) in [7, 11) is 2.22. The van der Waals surface area contributed by atoms with Crippen molar-refractivity contribution in [3.8, 4) is 0 Å². The lowest BCUT2D eigenvalue weighted by atomic mass is 9.99. The molecule has 0 radical (unpaired) electrons. The number of nitrogens with one attached hydrogen (secondary N) is 1. The normalized spacial score (nSPS) is 25.7. The first kappa shape index (κ1) is 13.3. The first-order valence-corrected chi connectivity index (χ1v) is 6.91. The third-order valence-electron chi connectivity index (χ3n) is 3.84. The van der Waals surface area contributed by atoms with E-state index in [9.17, 15) is 0 Å². The average molecular weight is 244 g/mol. The summed E-state index contributed by atoms with van der Waals surface area (Å²) in [4.78, 5) is 2.44. The van der Waals surface area contributed by atoms with Crippen molar-refractivity contribution in [3.05, 3.63) is 42.0 Å². The molecule has 18 heavy (non-hydrogen) atoms. The molecule has 1 heterocycles. The van der Waals surface area contributed by atoms with Crippen LogP contribution in [-0.2, 0) is 0 Å². The van der Waals surface area contributed by atoms with Crippen LogP contribution in [0.25, 0.3) is 6.08 Å². The fourth-order valence-electron chi connectivity index (χ4n) is 2.47. The second-order valence-corrected chi connectivity index (χ2v) is 5.27. The molecule has 1 fully saturated rings. The highest BCUT2D eigenvalue weighted by Crippen LogP contribution is 2.14. The molecule has 1 saturated heterocycles. The van der Waals surface area contributed by atoms with Crippen LogP contribution in [0.3, 0.4) is 0 Å². The highest BCUT2D eigenvalue weighted by molar-refractivity contribution is 5.48. The molecule has 2 atom stereocenters. The maximum absolute atomic E-state index is 3.63. The van der Waals surface area contributed by atoms with Crippen molar-refractivity contribution in [2.45, 2.75) is 31.8 Å². The molecule has 2 heteroatoms. The fourth-order valence-corrected chi connectivity index (χ4v) is 2.47. The smallest absolute Gasteiger partial charge is 0.0140 e. The first-order chi connectivity index (χ1) is 8.75. The number of benzene rings is 1. The highest BCUT2D eigenvalue weighted by Gasteiger charge is 2.21. The molecule has 0 amide bonds. The van der Waals surface area contributed by atoms with Gasteiger partial charge in [0.15, 0.2) is 0 Å². The largest absolute Gasteiger partial charge is 0.310 e. The average Bonchev–Trinajstić information content (AvgIpc) is 2.40. The summed E-state index contributed by atoms with van der Waals surface area (Å²) in [6.07, 6.45) is 6.93. The van der Waals surface area contributed by atoms with Gasteiger partial charge in [0.05, 0.1) is 0 Å². The van der Waals surface area contributed by atoms with Gasteiger partial charge in [-0.2, -0.15) is 0 Å². The van der Waals surface area contributed by atoms with Crippen LogP contribution in [0.15, 0.2) is 36.4 Å². The molecule has 0 aliphatic carbocycles. The molecule has 2 nitrogen and oxygen atoms in total. The van der Waals surface area contributed by atoms with Crippen molar-refractivity contribution in [2.75, 3.05) is 20.1 Å². The quantitative estimate of drug-likeness (QED) is 0.876. The van der Waals surface area contributed by atoms with Gasteiger partial charge in [-0.1, -0.05) is 42.5 Å². The van der Waals surface area contributed by atoms with E-state index >= 15 is 0 Å². The van der Waals surface area contributed by atoms with Gasteiger partial charge in [0.2, 0.25) is 0 Å². The minimum atomic E-state index is 0.677. The Bertz CT molecular complexity index is 372. The summed E-state index contributed by atoms with van der Waals surface area (Å²) in [5, 5.41) is 3.63. The lowest BCUT2D eigenvalue weighted by molar-refractivity contribution is 0.170. The number of rotatable bonds is 4. The van der Waals surface area contributed by atoms with Crippen LogP contribution in [0, 0.1) is 0 Å². The molecular formula is C16H24N2. The van der Waals surface area contributed by atoms with E-state index in [-0.39, 0.29) is 0 Å². The first-order valence-electron chi connectivity index (χ1n) is 6.91. The second-order valence-electron chi connectivity index (χ2n) is 5.27. The fraction of sp³-hybridized carbons (Fsp3) is 0.500. The minimum Gasteiger partial charge on any atom is -0.310 e. The van der Waals surface area contributed by atoms with E-state index in [1.54, 1.807) is 0 Å². The number of nitrogens with zero attached hydrogens (tertiary/aromatic N) is 1. The third kappa shape index (κ3) is 3.97. The minimum absolute atomic E-state index is 0.677. The molecule has 0 aromatic heterocycles. The Labute approximate surface area is 111 Å². The lowest BCUT2D eigenvalue weighted by Crippen LogP contribution is -2.45. The van der Waals surface area contributed by atoms with Gasteiger partial charge in [0, 0.05) is 18.6 Å². The molecule has 1 N–H and O–H groups in total. The van der Waals surface area contributed by atoms with Crippen molar-refractivity contribution in [1.29, 1.82) is 0 Å². The Balaban J connectivity index is 1.71. The standard InChI is InChI=1S/C16H24N2/c1-14-13-16(10-12-18(14)2)17-11-6-9-15-7-4-3-5-8-15/h3-9,14,16-17H,10-13H2,1-2H3/b9-6+. The molecular weight excluding hydrogens is 220 g/mol. The zero-order valence-electron chi connectivity index (χ0n) is 11.5. The Hall–Kier alpha value is -1.12. The Kier molecular flexibility index (Phi) is 4.97. The van der Waals surface area contributed by atoms with Gasteiger partial charge in [0.25, 0.3) is 0 Å². The van der Waals surface area contributed by atoms with Crippen molar-refractivity contribution < 1.29 is 0 Å². The van der Waals surface area contributed by atoms with Crippen LogP contribution in [0.1, 0.15) is 25.3 Å². The summed E-state index contributed by atoms with van der Waals surface area (Å²) in [6.45, 7) is 4.49.